The van der Waals surface area contributed by atoms with Gasteiger partial charge in [-0.1, -0.05) is 158 Å². The van der Waals surface area contributed by atoms with Crippen molar-refractivity contribution in [3.05, 3.63) is 188 Å². The van der Waals surface area contributed by atoms with Crippen LogP contribution >= 0.6 is 0 Å². The lowest BCUT2D eigenvalue weighted by Crippen LogP contribution is -1.91. The van der Waals surface area contributed by atoms with Gasteiger partial charge in [-0.05, 0) is 129 Å². The summed E-state index contributed by atoms with van der Waals surface area (Å²) in [4.78, 5) is 0. The summed E-state index contributed by atoms with van der Waals surface area (Å²) in [5.41, 5.74) is 9.87. The quantitative estimate of drug-likeness (QED) is 0.132. The first-order chi connectivity index (χ1) is 25.7. The Kier molecular flexibility index (Phi) is 7.11. The normalized spacial score (nSPS) is 11.6. The second kappa shape index (κ2) is 12.3. The molecule has 244 valence electrons. The minimum Gasteiger partial charge on any atom is -0.497 e. The first-order valence-electron chi connectivity index (χ1n) is 17.9. The van der Waals surface area contributed by atoms with Crippen molar-refractivity contribution in [1.82, 2.24) is 0 Å². The van der Waals surface area contributed by atoms with Crippen molar-refractivity contribution >= 4 is 53.9 Å². The number of hydrogen-bond donors (Lipinski definition) is 0. The minimum atomic E-state index is 0.871. The lowest BCUT2D eigenvalue weighted by molar-refractivity contribution is 0.415. The van der Waals surface area contributed by atoms with Crippen LogP contribution in [0.1, 0.15) is 0 Å². The molecule has 52 heavy (non-hydrogen) atoms. The van der Waals surface area contributed by atoms with Crippen molar-refractivity contribution in [3.8, 4) is 50.3 Å². The number of rotatable bonds is 5. The van der Waals surface area contributed by atoms with E-state index in [0.717, 1.165) is 5.75 Å². The molecule has 0 fully saturated rings. The van der Waals surface area contributed by atoms with Crippen LogP contribution in [0.15, 0.2) is 188 Å². The molecule has 10 rings (SSSR count). The average molecular weight is 663 g/mol. The molecule has 0 radical (unpaired) electrons. The molecule has 1 nitrogen and oxygen atoms in total. The van der Waals surface area contributed by atoms with Crippen molar-refractivity contribution in [2.75, 3.05) is 7.11 Å². The molecule has 0 bridgehead atoms. The van der Waals surface area contributed by atoms with Gasteiger partial charge in [0.2, 0.25) is 0 Å². The second-order valence-corrected chi connectivity index (χ2v) is 13.6. The molecule has 0 aliphatic rings. The van der Waals surface area contributed by atoms with Crippen LogP contribution in [0.25, 0.3) is 98.4 Å². The Morgan fingerprint density at radius 3 is 1.33 bits per heavy atom. The van der Waals surface area contributed by atoms with Gasteiger partial charge in [-0.25, -0.2) is 0 Å². The van der Waals surface area contributed by atoms with E-state index in [1.54, 1.807) is 7.11 Å². The second-order valence-electron chi connectivity index (χ2n) is 13.6. The molecule has 0 saturated carbocycles. The van der Waals surface area contributed by atoms with E-state index in [9.17, 15) is 0 Å². The highest BCUT2D eigenvalue weighted by atomic mass is 16.5. The highest BCUT2D eigenvalue weighted by molar-refractivity contribution is 6.22. The van der Waals surface area contributed by atoms with Crippen LogP contribution in [0.4, 0.5) is 0 Å². The van der Waals surface area contributed by atoms with Gasteiger partial charge in [-0.3, -0.25) is 0 Å². The summed E-state index contributed by atoms with van der Waals surface area (Å²) in [6, 6.07) is 68.7. The third-order valence-corrected chi connectivity index (χ3v) is 10.7. The maximum atomic E-state index is 5.56. The van der Waals surface area contributed by atoms with Crippen molar-refractivity contribution < 1.29 is 4.74 Å². The molecule has 0 aliphatic heterocycles. The topological polar surface area (TPSA) is 9.23 Å². The first kappa shape index (κ1) is 30.2. The molecule has 0 spiro atoms. The zero-order valence-electron chi connectivity index (χ0n) is 28.8. The van der Waals surface area contributed by atoms with E-state index in [2.05, 4.69) is 188 Å². The van der Waals surface area contributed by atoms with Crippen molar-refractivity contribution in [2.24, 2.45) is 0 Å². The van der Waals surface area contributed by atoms with Gasteiger partial charge in [-0.2, -0.15) is 0 Å². The van der Waals surface area contributed by atoms with Gasteiger partial charge >= 0.3 is 0 Å². The van der Waals surface area contributed by atoms with Crippen molar-refractivity contribution in [1.29, 1.82) is 0 Å². The van der Waals surface area contributed by atoms with Crippen LogP contribution < -0.4 is 4.74 Å². The summed E-state index contributed by atoms with van der Waals surface area (Å²) >= 11 is 0. The third-order valence-electron chi connectivity index (χ3n) is 10.7. The molecule has 0 aromatic heterocycles. The number of hydrogen-bond acceptors (Lipinski definition) is 1. The molecule has 0 aliphatic carbocycles. The van der Waals surface area contributed by atoms with E-state index in [-0.39, 0.29) is 0 Å². The van der Waals surface area contributed by atoms with Crippen LogP contribution in [-0.2, 0) is 0 Å². The molecule has 10 aromatic carbocycles. The molecule has 0 unspecified atom stereocenters. The van der Waals surface area contributed by atoms with Gasteiger partial charge in [0.1, 0.15) is 5.75 Å². The summed E-state index contributed by atoms with van der Waals surface area (Å²) in [5, 5.41) is 12.5. The largest absolute Gasteiger partial charge is 0.497 e. The van der Waals surface area contributed by atoms with E-state index >= 15 is 0 Å². The summed E-state index contributed by atoms with van der Waals surface area (Å²) in [6.07, 6.45) is 0. The maximum Gasteiger partial charge on any atom is 0.119 e. The Hall–Kier alpha value is -6.70. The van der Waals surface area contributed by atoms with Crippen LogP contribution in [0.5, 0.6) is 5.75 Å². The molecule has 0 saturated heterocycles. The lowest BCUT2D eigenvalue weighted by Gasteiger charge is -2.18. The predicted octanol–water partition coefficient (Wildman–Crippen LogP) is 14.1. The van der Waals surface area contributed by atoms with Gasteiger partial charge < -0.3 is 4.74 Å². The molecule has 0 amide bonds. The Balaban J connectivity index is 1.17. The Morgan fingerprint density at radius 1 is 0.269 bits per heavy atom. The van der Waals surface area contributed by atoms with Gasteiger partial charge in [0.15, 0.2) is 0 Å². The summed E-state index contributed by atoms with van der Waals surface area (Å²) in [5.74, 6) is 0.871. The molecule has 10 aromatic rings. The fraction of sp³-hybridized carbons (Fsp3) is 0.0196. The summed E-state index contributed by atoms with van der Waals surface area (Å²) in [7, 11) is 1.72. The van der Waals surface area contributed by atoms with Crippen LogP contribution in [0.2, 0.25) is 0 Å². The number of ether oxygens (including phenoxy) is 1. The SMILES string of the molecule is COc1ccc2c(ccc3c(-c4cccc(-c5cccc(-c6c7ccccc7c(-c7ccccc7)c7ccccc67)c5)c4)c4ccccc4cc32)c1. The van der Waals surface area contributed by atoms with E-state index in [4.69, 9.17) is 4.74 Å². The molecular formula is C51H34O. The highest BCUT2D eigenvalue weighted by Gasteiger charge is 2.18. The standard InChI is InChI=1S/C51H34O/c1-52-40-26-28-41-37(31-40)25-27-47-48(41)32-36-15-5-6-20-42(36)50(47)38-18-11-16-34(29-38)35-17-12-19-39(30-35)51-45-23-9-7-21-43(45)49(33-13-3-2-4-14-33)44-22-8-10-24-46(44)51/h2-32H,1H3. The number of methoxy groups -OCH3 is 1. The molecule has 0 atom stereocenters. The lowest BCUT2D eigenvalue weighted by atomic mass is 9.85. The van der Waals surface area contributed by atoms with E-state index in [0.29, 0.717) is 0 Å². The van der Waals surface area contributed by atoms with Crippen molar-refractivity contribution in [2.45, 2.75) is 0 Å². The Bertz CT molecular complexity index is 2930. The smallest absolute Gasteiger partial charge is 0.119 e. The third kappa shape index (κ3) is 4.86. The van der Waals surface area contributed by atoms with Gasteiger partial charge in [-0.15, -0.1) is 0 Å². The molecular weight excluding hydrogens is 629 g/mol. The molecule has 1 heteroatoms. The molecule has 0 heterocycles. The number of fused-ring (bicyclic) bond motifs is 6. The van der Waals surface area contributed by atoms with E-state index in [1.165, 1.54) is 98.4 Å². The van der Waals surface area contributed by atoms with Gasteiger partial charge in [0, 0.05) is 0 Å². The van der Waals surface area contributed by atoms with Crippen LogP contribution in [-0.4, -0.2) is 7.11 Å². The minimum absolute atomic E-state index is 0.871. The van der Waals surface area contributed by atoms with Gasteiger partial charge in [0.25, 0.3) is 0 Å². The monoisotopic (exact) mass is 662 g/mol. The average Bonchev–Trinajstić information content (AvgIpc) is 3.22. The Morgan fingerprint density at radius 2 is 0.712 bits per heavy atom. The van der Waals surface area contributed by atoms with E-state index in [1.807, 2.05) is 0 Å². The summed E-state index contributed by atoms with van der Waals surface area (Å²) < 4.78 is 5.56. The van der Waals surface area contributed by atoms with Crippen LogP contribution in [0, 0.1) is 0 Å². The fourth-order valence-corrected chi connectivity index (χ4v) is 8.36. The highest BCUT2D eigenvalue weighted by Crippen LogP contribution is 2.45. The van der Waals surface area contributed by atoms with Gasteiger partial charge in [0.05, 0.1) is 7.11 Å². The zero-order valence-corrected chi connectivity index (χ0v) is 28.8. The maximum absolute atomic E-state index is 5.56. The predicted molar refractivity (Wildman–Crippen MR) is 222 cm³/mol. The zero-order chi connectivity index (χ0) is 34.6. The molecule has 0 N–H and O–H groups in total. The number of benzene rings is 10. The van der Waals surface area contributed by atoms with E-state index < -0.39 is 0 Å². The Labute approximate surface area is 303 Å². The summed E-state index contributed by atoms with van der Waals surface area (Å²) in [6.45, 7) is 0. The fourth-order valence-electron chi connectivity index (χ4n) is 8.36. The van der Waals surface area contributed by atoms with Crippen molar-refractivity contribution in [3.63, 3.8) is 0 Å². The first-order valence-corrected chi connectivity index (χ1v) is 17.9. The van der Waals surface area contributed by atoms with Crippen LogP contribution in [0.3, 0.4) is 0 Å².